The maximum Gasteiger partial charge on any atom is 0.243 e. The van der Waals surface area contributed by atoms with E-state index in [1.807, 2.05) is 37.5 Å². The van der Waals surface area contributed by atoms with Gasteiger partial charge in [0, 0.05) is 39.0 Å². The van der Waals surface area contributed by atoms with E-state index >= 15 is 0 Å². The normalized spacial score (nSPS) is 12.5. The quantitative estimate of drug-likeness (QED) is 0.0451. The van der Waals surface area contributed by atoms with Crippen LogP contribution in [0.5, 0.6) is 0 Å². The van der Waals surface area contributed by atoms with Crippen LogP contribution >= 0.6 is 0 Å². The molecule has 0 aliphatic heterocycles. The standard InChI is InChI=1S/C54H108N6O4/c1-9-13-15-17-19-21-23-25-27-29-33-39-49(61)59(45-37-41-55-11-3)51(47(5)6)53(63)57-43-35-31-32-36-44-58-54(64)52(48(7)8)60(46-38-42-56-12-4)50(62)40-34-30-28-26-24-22-20-18-16-14-10-2/h47-48,51-52,55-56H,9-46H2,1-8H3,(H,57,63)(H,58,64). The predicted octanol–water partition coefficient (Wildman–Crippen LogP) is 11.9. The summed E-state index contributed by atoms with van der Waals surface area (Å²) in [6.45, 7) is 22.7. The van der Waals surface area contributed by atoms with Gasteiger partial charge in [0.2, 0.25) is 23.6 Å². The van der Waals surface area contributed by atoms with Crippen LogP contribution in [-0.2, 0) is 19.2 Å². The zero-order chi connectivity index (χ0) is 47.5. The van der Waals surface area contributed by atoms with Gasteiger partial charge in [-0.25, -0.2) is 0 Å². The molecule has 0 radical (unpaired) electrons. The first-order valence-corrected chi connectivity index (χ1v) is 27.6. The average molecular weight is 905 g/mol. The van der Waals surface area contributed by atoms with Crippen molar-refractivity contribution in [2.45, 2.75) is 260 Å². The van der Waals surface area contributed by atoms with E-state index in [0.717, 1.165) is 90.4 Å². The Morgan fingerprint density at radius 1 is 0.359 bits per heavy atom. The number of hydrogen-bond donors (Lipinski definition) is 4. The molecule has 4 amide bonds. The van der Waals surface area contributed by atoms with E-state index in [-0.39, 0.29) is 35.5 Å². The third kappa shape index (κ3) is 33.3. The molecule has 2 unspecified atom stereocenters. The van der Waals surface area contributed by atoms with Crippen LogP contribution in [0.4, 0.5) is 0 Å². The van der Waals surface area contributed by atoms with Crippen LogP contribution < -0.4 is 21.3 Å². The molecule has 4 N–H and O–H groups in total. The molecule has 0 aliphatic rings. The Morgan fingerprint density at radius 3 is 0.922 bits per heavy atom. The second-order valence-corrected chi connectivity index (χ2v) is 19.5. The third-order valence-corrected chi connectivity index (χ3v) is 12.8. The van der Waals surface area contributed by atoms with Crippen molar-refractivity contribution in [1.82, 2.24) is 31.1 Å². The van der Waals surface area contributed by atoms with E-state index in [9.17, 15) is 19.2 Å². The summed E-state index contributed by atoms with van der Waals surface area (Å²) in [5.74, 6) is 0.142. The van der Waals surface area contributed by atoms with Crippen LogP contribution in [-0.4, -0.2) is 97.9 Å². The summed E-state index contributed by atoms with van der Waals surface area (Å²) in [6, 6.07) is -0.944. The van der Waals surface area contributed by atoms with Gasteiger partial charge < -0.3 is 31.1 Å². The summed E-state index contributed by atoms with van der Waals surface area (Å²) in [7, 11) is 0. The summed E-state index contributed by atoms with van der Waals surface area (Å²) in [6.07, 6.45) is 33.7. The van der Waals surface area contributed by atoms with Crippen LogP contribution in [0.25, 0.3) is 0 Å². The van der Waals surface area contributed by atoms with Gasteiger partial charge in [-0.2, -0.15) is 0 Å². The Morgan fingerprint density at radius 2 is 0.641 bits per heavy atom. The van der Waals surface area contributed by atoms with Crippen molar-refractivity contribution in [2.24, 2.45) is 11.8 Å². The largest absolute Gasteiger partial charge is 0.354 e. The first-order chi connectivity index (χ1) is 31.1. The molecule has 0 aromatic rings. The van der Waals surface area contributed by atoms with Gasteiger partial charge in [-0.05, 0) is 76.5 Å². The molecule has 378 valence electrons. The van der Waals surface area contributed by atoms with Crippen molar-refractivity contribution in [2.75, 3.05) is 52.4 Å². The van der Waals surface area contributed by atoms with Gasteiger partial charge >= 0.3 is 0 Å². The number of carbonyl (C=O) groups excluding carboxylic acids is 4. The zero-order valence-corrected chi connectivity index (χ0v) is 43.7. The molecule has 2 atom stereocenters. The van der Waals surface area contributed by atoms with Crippen molar-refractivity contribution in [3.05, 3.63) is 0 Å². The predicted molar refractivity (Wildman–Crippen MR) is 274 cm³/mol. The molecule has 10 nitrogen and oxygen atoms in total. The van der Waals surface area contributed by atoms with E-state index in [4.69, 9.17) is 0 Å². The number of nitrogens with zero attached hydrogens (tertiary/aromatic N) is 2. The van der Waals surface area contributed by atoms with Gasteiger partial charge in [0.25, 0.3) is 0 Å². The summed E-state index contributed by atoms with van der Waals surface area (Å²) < 4.78 is 0. The van der Waals surface area contributed by atoms with E-state index in [1.54, 1.807) is 0 Å². The fraction of sp³-hybridized carbons (Fsp3) is 0.926. The van der Waals surface area contributed by atoms with Crippen LogP contribution in [0.15, 0.2) is 0 Å². The smallest absolute Gasteiger partial charge is 0.243 e. The second-order valence-electron chi connectivity index (χ2n) is 19.5. The van der Waals surface area contributed by atoms with Crippen molar-refractivity contribution in [1.29, 1.82) is 0 Å². The minimum absolute atomic E-state index is 0.0162. The van der Waals surface area contributed by atoms with Gasteiger partial charge in [-0.15, -0.1) is 0 Å². The highest BCUT2D eigenvalue weighted by atomic mass is 16.2. The molecule has 0 bridgehead atoms. The van der Waals surface area contributed by atoms with Gasteiger partial charge in [-0.1, -0.05) is 197 Å². The lowest BCUT2D eigenvalue weighted by molar-refractivity contribution is -0.142. The Balaban J connectivity index is 4.91. The molecule has 0 heterocycles. The number of rotatable bonds is 47. The molecule has 0 saturated heterocycles. The minimum Gasteiger partial charge on any atom is -0.354 e. The van der Waals surface area contributed by atoms with Gasteiger partial charge in [-0.3, -0.25) is 19.2 Å². The van der Waals surface area contributed by atoms with Gasteiger partial charge in [0.15, 0.2) is 0 Å². The highest BCUT2D eigenvalue weighted by molar-refractivity contribution is 5.88. The molecular formula is C54H108N6O4. The van der Waals surface area contributed by atoms with Crippen molar-refractivity contribution >= 4 is 23.6 Å². The average Bonchev–Trinajstić information content (AvgIpc) is 3.27. The maximum absolute atomic E-state index is 13.7. The third-order valence-electron chi connectivity index (χ3n) is 12.8. The highest BCUT2D eigenvalue weighted by Gasteiger charge is 2.33. The number of unbranched alkanes of at least 4 members (excludes halogenated alkanes) is 23. The van der Waals surface area contributed by atoms with E-state index in [0.29, 0.717) is 39.0 Å². The fourth-order valence-corrected chi connectivity index (χ4v) is 8.95. The van der Waals surface area contributed by atoms with Crippen LogP contribution in [0.2, 0.25) is 0 Å². The molecule has 0 aromatic heterocycles. The Hall–Kier alpha value is -2.20. The lowest BCUT2D eigenvalue weighted by Crippen LogP contribution is -2.53. The summed E-state index contributed by atoms with van der Waals surface area (Å²) in [4.78, 5) is 58.4. The zero-order valence-electron chi connectivity index (χ0n) is 43.7. The van der Waals surface area contributed by atoms with Gasteiger partial charge in [0.05, 0.1) is 0 Å². The number of amides is 4. The molecule has 0 rings (SSSR count). The molecule has 0 saturated carbocycles. The molecular weight excluding hydrogens is 797 g/mol. The Labute approximate surface area is 396 Å². The summed E-state index contributed by atoms with van der Waals surface area (Å²) in [5.41, 5.74) is 0. The van der Waals surface area contributed by atoms with Crippen LogP contribution in [0, 0.1) is 11.8 Å². The Bertz CT molecular complexity index is 1020. The molecule has 0 aromatic carbocycles. The first-order valence-electron chi connectivity index (χ1n) is 27.6. The molecule has 0 fully saturated rings. The number of nitrogens with one attached hydrogen (secondary N) is 4. The molecule has 64 heavy (non-hydrogen) atoms. The minimum atomic E-state index is -0.472. The van der Waals surface area contributed by atoms with E-state index < -0.39 is 12.1 Å². The monoisotopic (exact) mass is 905 g/mol. The van der Waals surface area contributed by atoms with Crippen molar-refractivity contribution in [3.63, 3.8) is 0 Å². The fourth-order valence-electron chi connectivity index (χ4n) is 8.95. The summed E-state index contributed by atoms with van der Waals surface area (Å²) >= 11 is 0. The maximum atomic E-state index is 13.7. The van der Waals surface area contributed by atoms with E-state index in [1.165, 1.54) is 116 Å². The lowest BCUT2D eigenvalue weighted by Gasteiger charge is -2.34. The van der Waals surface area contributed by atoms with Crippen LogP contribution in [0.3, 0.4) is 0 Å². The molecule has 0 aliphatic carbocycles. The number of carbonyl (C=O) groups is 4. The number of hydrogen-bond acceptors (Lipinski definition) is 6. The van der Waals surface area contributed by atoms with Crippen molar-refractivity contribution in [3.8, 4) is 0 Å². The van der Waals surface area contributed by atoms with E-state index in [2.05, 4.69) is 49.0 Å². The second kappa shape index (κ2) is 44.6. The SMILES string of the molecule is CCCCCCCCCCCCCC(=O)N(CCCNCC)C(C(=O)NCCCCCCNC(=O)C(C(C)C)N(CCCNCC)C(=O)CCCCCCCCCCCCC)C(C)C. The highest BCUT2D eigenvalue weighted by Crippen LogP contribution is 2.19. The first kappa shape index (κ1) is 61.8. The Kier molecular flexibility index (Phi) is 43.1. The summed E-state index contributed by atoms with van der Waals surface area (Å²) in [5, 5.41) is 13.1. The topological polar surface area (TPSA) is 123 Å². The van der Waals surface area contributed by atoms with Crippen molar-refractivity contribution < 1.29 is 19.2 Å². The van der Waals surface area contributed by atoms with Gasteiger partial charge in [0.1, 0.15) is 12.1 Å². The lowest BCUT2D eigenvalue weighted by atomic mass is 9.99. The van der Waals surface area contributed by atoms with Crippen LogP contribution in [0.1, 0.15) is 248 Å². The molecule has 10 heteroatoms. The molecule has 0 spiro atoms.